The van der Waals surface area contributed by atoms with Crippen molar-refractivity contribution < 1.29 is 14.3 Å². The van der Waals surface area contributed by atoms with E-state index < -0.39 is 0 Å². The molecule has 1 heterocycles. The first-order chi connectivity index (χ1) is 9.61. The van der Waals surface area contributed by atoms with Crippen molar-refractivity contribution in [3.63, 3.8) is 0 Å². The smallest absolute Gasteiger partial charge is 0.270 e. The second-order valence-electron chi connectivity index (χ2n) is 4.57. The summed E-state index contributed by atoms with van der Waals surface area (Å²) >= 11 is 0. The number of para-hydroxylation sites is 1. The molecule has 6 nitrogen and oxygen atoms in total. The van der Waals surface area contributed by atoms with Gasteiger partial charge < -0.3 is 9.64 Å². The molecule has 1 aromatic carbocycles. The van der Waals surface area contributed by atoms with Crippen molar-refractivity contribution in [1.82, 2.24) is 10.3 Å². The number of hydrogen-bond acceptors (Lipinski definition) is 4. The van der Waals surface area contributed by atoms with E-state index in [1.165, 1.54) is 0 Å². The second-order valence-corrected chi connectivity index (χ2v) is 4.57. The van der Waals surface area contributed by atoms with Crippen LogP contribution in [0.15, 0.2) is 29.4 Å². The van der Waals surface area contributed by atoms with Crippen LogP contribution in [-0.4, -0.2) is 36.6 Å². The van der Waals surface area contributed by atoms with Gasteiger partial charge in [0.05, 0.1) is 7.11 Å². The molecule has 2 rings (SSSR count). The van der Waals surface area contributed by atoms with E-state index in [-0.39, 0.29) is 11.8 Å². The van der Waals surface area contributed by atoms with Gasteiger partial charge in [0.25, 0.3) is 5.91 Å². The highest BCUT2D eigenvalue weighted by Gasteiger charge is 2.21. The fraction of sp³-hybridized carbons (Fsp3) is 0.357. The van der Waals surface area contributed by atoms with Crippen LogP contribution in [0.4, 0.5) is 0 Å². The van der Waals surface area contributed by atoms with E-state index in [1.807, 2.05) is 24.3 Å². The van der Waals surface area contributed by atoms with Gasteiger partial charge in [-0.05, 0) is 6.07 Å². The zero-order valence-corrected chi connectivity index (χ0v) is 11.5. The third-order valence-electron chi connectivity index (χ3n) is 3.10. The van der Waals surface area contributed by atoms with Crippen LogP contribution in [0.3, 0.4) is 0 Å². The summed E-state index contributed by atoms with van der Waals surface area (Å²) in [5, 5.41) is 3.81. The lowest BCUT2D eigenvalue weighted by Gasteiger charge is -2.20. The third-order valence-corrected chi connectivity index (χ3v) is 3.10. The van der Waals surface area contributed by atoms with Crippen LogP contribution < -0.4 is 10.2 Å². The normalized spacial score (nSPS) is 14.3. The van der Waals surface area contributed by atoms with Crippen molar-refractivity contribution in [1.29, 1.82) is 0 Å². The molecule has 20 heavy (non-hydrogen) atoms. The van der Waals surface area contributed by atoms with Crippen LogP contribution >= 0.6 is 0 Å². The van der Waals surface area contributed by atoms with E-state index in [0.717, 1.165) is 11.3 Å². The van der Waals surface area contributed by atoms with Crippen LogP contribution in [0.25, 0.3) is 0 Å². The highest BCUT2D eigenvalue weighted by atomic mass is 16.5. The highest BCUT2D eigenvalue weighted by Crippen LogP contribution is 2.19. The topological polar surface area (TPSA) is 71.0 Å². The molecule has 0 fully saturated rings. The minimum Gasteiger partial charge on any atom is -0.496 e. The molecule has 0 saturated carbocycles. The van der Waals surface area contributed by atoms with Crippen molar-refractivity contribution in [3.05, 3.63) is 29.8 Å². The number of nitrogens with one attached hydrogen (secondary N) is 1. The van der Waals surface area contributed by atoms with E-state index in [1.54, 1.807) is 19.1 Å². The second kappa shape index (κ2) is 6.18. The summed E-state index contributed by atoms with van der Waals surface area (Å²) < 4.78 is 5.26. The fourth-order valence-corrected chi connectivity index (χ4v) is 2.01. The molecular weight excluding hydrogens is 258 g/mol. The number of nitrogens with zero attached hydrogens (tertiary/aromatic N) is 2. The minimum absolute atomic E-state index is 0.158. The Bertz CT molecular complexity index is 554. The predicted octanol–water partition coefficient (Wildman–Crippen LogP) is 0.920. The summed E-state index contributed by atoms with van der Waals surface area (Å²) in [4.78, 5) is 24.8. The van der Waals surface area contributed by atoms with Gasteiger partial charge in [-0.15, -0.1) is 0 Å². The first-order valence-corrected chi connectivity index (χ1v) is 6.34. The molecule has 1 aliphatic heterocycles. The van der Waals surface area contributed by atoms with Crippen LogP contribution in [0, 0.1) is 0 Å². The predicted molar refractivity (Wildman–Crippen MR) is 74.3 cm³/mol. The largest absolute Gasteiger partial charge is 0.496 e. The van der Waals surface area contributed by atoms with E-state index in [0.29, 0.717) is 25.1 Å². The molecule has 1 aliphatic rings. The van der Waals surface area contributed by atoms with Gasteiger partial charge in [0.15, 0.2) is 0 Å². The SMILES string of the molecule is COc1ccccc1CN(C)C(=O)C1=NNC(=O)CC1. The fourth-order valence-electron chi connectivity index (χ4n) is 2.01. The molecule has 0 unspecified atom stereocenters. The molecule has 0 saturated heterocycles. The number of carbonyl (C=O) groups is 2. The Labute approximate surface area is 117 Å². The zero-order valence-electron chi connectivity index (χ0n) is 11.5. The molecule has 0 aromatic heterocycles. The lowest BCUT2D eigenvalue weighted by Crippen LogP contribution is -2.37. The average Bonchev–Trinajstić information content (AvgIpc) is 2.48. The van der Waals surface area contributed by atoms with Crippen molar-refractivity contribution in [2.45, 2.75) is 19.4 Å². The van der Waals surface area contributed by atoms with E-state index in [4.69, 9.17) is 4.74 Å². The number of ether oxygens (including phenoxy) is 1. The van der Waals surface area contributed by atoms with Crippen molar-refractivity contribution in [2.24, 2.45) is 5.10 Å². The van der Waals surface area contributed by atoms with Crippen molar-refractivity contribution in [3.8, 4) is 5.75 Å². The molecule has 0 atom stereocenters. The number of hydrogen-bond donors (Lipinski definition) is 1. The molecule has 2 amide bonds. The average molecular weight is 275 g/mol. The Morgan fingerprint density at radius 1 is 1.40 bits per heavy atom. The Balaban J connectivity index is 2.06. The number of hydrazone groups is 1. The summed E-state index contributed by atoms with van der Waals surface area (Å²) in [5.41, 5.74) is 3.63. The van der Waals surface area contributed by atoms with Gasteiger partial charge >= 0.3 is 0 Å². The lowest BCUT2D eigenvalue weighted by atomic mass is 10.1. The maximum Gasteiger partial charge on any atom is 0.270 e. The van der Waals surface area contributed by atoms with Crippen molar-refractivity contribution >= 4 is 17.5 Å². The summed E-state index contributed by atoms with van der Waals surface area (Å²) in [5.74, 6) is 0.399. The van der Waals surface area contributed by atoms with E-state index >= 15 is 0 Å². The maximum atomic E-state index is 12.2. The first-order valence-electron chi connectivity index (χ1n) is 6.34. The Morgan fingerprint density at radius 2 is 2.15 bits per heavy atom. The number of benzene rings is 1. The monoisotopic (exact) mass is 275 g/mol. The standard InChI is InChI=1S/C14H17N3O3/c1-17(9-10-5-3-4-6-12(10)20-2)14(19)11-7-8-13(18)16-15-11/h3-6H,7-9H2,1-2H3,(H,16,18). The van der Waals surface area contributed by atoms with Crippen molar-refractivity contribution in [2.75, 3.05) is 14.2 Å². The molecular formula is C14H17N3O3. The van der Waals surface area contributed by atoms with Gasteiger partial charge in [-0.1, -0.05) is 18.2 Å². The maximum absolute atomic E-state index is 12.2. The van der Waals surface area contributed by atoms with Gasteiger partial charge in [0.1, 0.15) is 11.5 Å². The number of amides is 2. The van der Waals surface area contributed by atoms with Gasteiger partial charge in [0, 0.05) is 32.0 Å². The van der Waals surface area contributed by atoms with Gasteiger partial charge in [0.2, 0.25) is 5.91 Å². The summed E-state index contributed by atoms with van der Waals surface area (Å²) in [7, 11) is 3.30. The molecule has 6 heteroatoms. The van der Waals surface area contributed by atoms with E-state index in [9.17, 15) is 9.59 Å². The number of methoxy groups -OCH3 is 1. The molecule has 0 radical (unpaired) electrons. The van der Waals surface area contributed by atoms with Crippen LogP contribution in [0.2, 0.25) is 0 Å². The molecule has 106 valence electrons. The van der Waals surface area contributed by atoms with Crippen LogP contribution in [-0.2, 0) is 16.1 Å². The Kier molecular flexibility index (Phi) is 4.34. The summed E-state index contributed by atoms with van der Waals surface area (Å²) in [6.45, 7) is 0.426. The van der Waals surface area contributed by atoms with Gasteiger partial charge in [-0.25, -0.2) is 5.43 Å². The summed E-state index contributed by atoms with van der Waals surface area (Å²) in [6, 6.07) is 7.54. The van der Waals surface area contributed by atoms with Gasteiger partial charge in [-0.2, -0.15) is 5.10 Å². The summed E-state index contributed by atoms with van der Waals surface area (Å²) in [6.07, 6.45) is 0.675. The minimum atomic E-state index is -0.184. The number of rotatable bonds is 4. The van der Waals surface area contributed by atoms with Gasteiger partial charge in [-0.3, -0.25) is 9.59 Å². The Morgan fingerprint density at radius 3 is 2.80 bits per heavy atom. The molecule has 0 spiro atoms. The third kappa shape index (κ3) is 3.14. The molecule has 1 aromatic rings. The van der Waals surface area contributed by atoms with Crippen LogP contribution in [0.1, 0.15) is 18.4 Å². The molecule has 0 aliphatic carbocycles. The van der Waals surface area contributed by atoms with E-state index in [2.05, 4.69) is 10.5 Å². The van der Waals surface area contributed by atoms with Crippen LogP contribution in [0.5, 0.6) is 5.75 Å². The zero-order chi connectivity index (χ0) is 14.5. The quantitative estimate of drug-likeness (QED) is 0.888. The number of carbonyl (C=O) groups excluding carboxylic acids is 2. The lowest BCUT2D eigenvalue weighted by molar-refractivity contribution is -0.124. The molecule has 0 bridgehead atoms. The Hall–Kier alpha value is -2.37. The first kappa shape index (κ1) is 14.0. The highest BCUT2D eigenvalue weighted by molar-refractivity contribution is 6.39. The molecule has 1 N–H and O–H groups in total.